The molecular weight excluding hydrogens is 300 g/mol. The maximum atomic E-state index is 11.1. The molecule has 1 heterocycles. The van der Waals surface area contributed by atoms with Crippen LogP contribution in [0, 0.1) is 4.78 Å². The number of fused-ring (bicyclic) bond motifs is 1. The Kier molecular flexibility index (Phi) is 3.88. The normalized spacial score (nSPS) is 10.8. The lowest BCUT2D eigenvalue weighted by atomic mass is 10.2. The minimum absolute atomic E-state index is 0.461. The molecule has 0 bridgehead atoms. The minimum Gasteiger partial charge on any atom is -0.497 e. The number of methoxy groups -OCH3 is 1. The first kappa shape index (κ1) is 14.3. The number of hydrogen-bond donors (Lipinski definition) is 2. The second-order valence-electron chi connectivity index (χ2n) is 4.52. The zero-order chi connectivity index (χ0) is 15.5. The van der Waals surface area contributed by atoms with Crippen molar-refractivity contribution in [3.63, 3.8) is 0 Å². The van der Waals surface area contributed by atoms with E-state index in [9.17, 15) is 4.21 Å². The third-order valence-electron chi connectivity index (χ3n) is 3.17. The molecule has 112 valence electrons. The van der Waals surface area contributed by atoms with Crippen molar-refractivity contribution in [3.05, 3.63) is 48.8 Å². The van der Waals surface area contributed by atoms with Gasteiger partial charge in [0, 0.05) is 17.1 Å². The second-order valence-corrected chi connectivity index (χ2v) is 5.53. The molecule has 0 atom stereocenters. The van der Waals surface area contributed by atoms with Gasteiger partial charge in [-0.2, -0.15) is 10.6 Å². The van der Waals surface area contributed by atoms with Crippen LogP contribution in [0.15, 0.2) is 53.7 Å². The first-order valence-electron chi connectivity index (χ1n) is 6.46. The van der Waals surface area contributed by atoms with Gasteiger partial charge in [0.15, 0.2) is 0 Å². The summed E-state index contributed by atoms with van der Waals surface area (Å²) in [5, 5.41) is 4.07. The molecule has 2 N–H and O–H groups in total. The fourth-order valence-corrected chi connectivity index (χ4v) is 2.45. The van der Waals surface area contributed by atoms with Crippen LogP contribution in [0.4, 0.5) is 11.5 Å². The van der Waals surface area contributed by atoms with Gasteiger partial charge in [0.25, 0.3) is 0 Å². The van der Waals surface area contributed by atoms with E-state index in [2.05, 4.69) is 15.3 Å². The van der Waals surface area contributed by atoms with Crippen LogP contribution < -0.4 is 10.1 Å². The summed E-state index contributed by atoms with van der Waals surface area (Å²) in [5.74, 6) is 1.41. The third kappa shape index (κ3) is 2.84. The van der Waals surface area contributed by atoms with Crippen molar-refractivity contribution in [2.24, 2.45) is 0 Å². The van der Waals surface area contributed by atoms with Gasteiger partial charge in [-0.15, -0.1) is 0 Å². The lowest BCUT2D eigenvalue weighted by molar-refractivity contribution is 0.415. The number of hydrogen-bond acceptors (Lipinski definition) is 7. The molecule has 0 spiro atoms. The summed E-state index contributed by atoms with van der Waals surface area (Å²) < 4.78 is 23.4. The first-order chi connectivity index (χ1) is 10.7. The Morgan fingerprint density at radius 3 is 2.59 bits per heavy atom. The molecule has 0 radical (unpaired) electrons. The predicted molar refractivity (Wildman–Crippen MR) is 84.9 cm³/mol. The number of rotatable bonds is 4. The van der Waals surface area contributed by atoms with Crippen molar-refractivity contribution < 1.29 is 8.95 Å². The summed E-state index contributed by atoms with van der Waals surface area (Å²) in [6, 6.07) is 12.4. The Balaban J connectivity index is 1.96. The number of aromatic nitrogens is 2. The summed E-state index contributed by atoms with van der Waals surface area (Å²) >= 11 is 0. The number of anilines is 2. The van der Waals surface area contributed by atoms with Crippen LogP contribution in [-0.4, -0.2) is 17.1 Å². The van der Waals surface area contributed by atoms with Gasteiger partial charge in [0.2, 0.25) is 0 Å². The van der Waals surface area contributed by atoms with Crippen molar-refractivity contribution >= 4 is 33.0 Å². The molecule has 0 aliphatic rings. The van der Waals surface area contributed by atoms with Crippen LogP contribution in [0.5, 0.6) is 5.75 Å². The van der Waals surface area contributed by atoms with Crippen LogP contribution in [0.2, 0.25) is 0 Å². The zero-order valence-electron chi connectivity index (χ0n) is 11.7. The molecule has 0 aliphatic heterocycles. The fourth-order valence-electron chi connectivity index (χ4n) is 2.06. The topological polar surface area (TPSA) is 88.0 Å². The molecule has 6 nitrogen and oxygen atoms in total. The number of nitrogens with zero attached hydrogens (tertiary/aromatic N) is 2. The van der Waals surface area contributed by atoms with E-state index in [1.165, 1.54) is 6.33 Å². The summed E-state index contributed by atoms with van der Waals surface area (Å²) in [4.78, 5) is 8.95. The maximum Gasteiger partial charge on any atom is 0.141 e. The van der Waals surface area contributed by atoms with E-state index in [4.69, 9.17) is 9.52 Å². The average molecular weight is 313 g/mol. The predicted octanol–water partition coefficient (Wildman–Crippen LogP) is 3.47. The molecule has 0 saturated carbocycles. The monoisotopic (exact) mass is 313 g/mol. The highest BCUT2D eigenvalue weighted by Crippen LogP contribution is 2.26. The summed E-state index contributed by atoms with van der Waals surface area (Å²) in [6.07, 6.45) is 1.48. The summed E-state index contributed by atoms with van der Waals surface area (Å²) in [5.41, 5.74) is 1.57. The summed E-state index contributed by atoms with van der Waals surface area (Å²) in [6.45, 7) is 0. The van der Waals surface area contributed by atoms with E-state index >= 15 is 0 Å². The first-order valence-corrected chi connectivity index (χ1v) is 7.61. The molecular formula is C15H13N4O2S-. The molecule has 7 heteroatoms. The van der Waals surface area contributed by atoms with Gasteiger partial charge in [0.05, 0.1) is 12.6 Å². The van der Waals surface area contributed by atoms with Crippen molar-refractivity contribution in [1.29, 1.82) is 4.78 Å². The number of ether oxygens (including phenoxy) is 1. The SMILES string of the molecule is COc1ccc2c(Nc3ccc([S-](=N)=O)cc3)ncnc2c1. The van der Waals surface area contributed by atoms with Gasteiger partial charge in [-0.25, -0.2) is 9.97 Å². The van der Waals surface area contributed by atoms with Crippen molar-refractivity contribution in [2.45, 2.75) is 4.90 Å². The zero-order valence-corrected chi connectivity index (χ0v) is 12.6. The van der Waals surface area contributed by atoms with Crippen LogP contribution in [0.25, 0.3) is 10.9 Å². The van der Waals surface area contributed by atoms with Crippen molar-refractivity contribution in [3.8, 4) is 5.75 Å². The Morgan fingerprint density at radius 2 is 1.91 bits per heavy atom. The van der Waals surface area contributed by atoms with Crippen molar-refractivity contribution in [1.82, 2.24) is 9.97 Å². The smallest absolute Gasteiger partial charge is 0.141 e. The molecule has 3 rings (SSSR count). The van der Waals surface area contributed by atoms with Gasteiger partial charge in [0.1, 0.15) is 17.9 Å². The quantitative estimate of drug-likeness (QED) is 0.720. The molecule has 0 aliphatic carbocycles. The lowest BCUT2D eigenvalue weighted by Gasteiger charge is -2.10. The number of nitrogens with one attached hydrogen (secondary N) is 2. The Hall–Kier alpha value is -2.67. The van der Waals surface area contributed by atoms with Gasteiger partial charge in [-0.05, 0) is 24.3 Å². The minimum atomic E-state index is -1.73. The van der Waals surface area contributed by atoms with Gasteiger partial charge < -0.3 is 19.0 Å². The molecule has 3 aromatic rings. The average Bonchev–Trinajstić information content (AvgIpc) is 2.55. The Morgan fingerprint density at radius 1 is 1.14 bits per heavy atom. The van der Waals surface area contributed by atoms with Crippen molar-refractivity contribution in [2.75, 3.05) is 12.4 Å². The van der Waals surface area contributed by atoms with E-state index < -0.39 is 10.6 Å². The van der Waals surface area contributed by atoms with E-state index in [0.717, 1.165) is 22.3 Å². The molecule has 0 saturated heterocycles. The van der Waals surface area contributed by atoms with Gasteiger partial charge in [-0.1, -0.05) is 17.0 Å². The van der Waals surface area contributed by atoms with Gasteiger partial charge in [-0.3, -0.25) is 0 Å². The van der Waals surface area contributed by atoms with Crippen LogP contribution >= 0.6 is 0 Å². The van der Waals surface area contributed by atoms with Crippen LogP contribution in [-0.2, 0) is 14.8 Å². The largest absolute Gasteiger partial charge is 0.497 e. The summed E-state index contributed by atoms with van der Waals surface area (Å²) in [7, 11) is -0.117. The molecule has 2 aromatic carbocycles. The van der Waals surface area contributed by atoms with E-state index in [1.807, 2.05) is 18.2 Å². The van der Waals surface area contributed by atoms with E-state index in [-0.39, 0.29) is 0 Å². The molecule has 0 fully saturated rings. The van der Waals surface area contributed by atoms with Gasteiger partial charge >= 0.3 is 0 Å². The molecule has 1 aromatic heterocycles. The molecule has 22 heavy (non-hydrogen) atoms. The Bertz CT molecular complexity index is 884. The van der Waals surface area contributed by atoms with E-state index in [1.54, 1.807) is 31.4 Å². The standard InChI is InChI=1S/C15H13N4O2S/c1-21-11-4-7-13-14(8-11)17-9-18-15(13)19-10-2-5-12(6-3-10)22(16)20/h2-9,16H,1H3,(H,17,18,19)/q-1. The molecule has 0 amide bonds. The van der Waals surface area contributed by atoms with Crippen LogP contribution in [0.3, 0.4) is 0 Å². The second kappa shape index (κ2) is 5.98. The van der Waals surface area contributed by atoms with Crippen LogP contribution in [0.1, 0.15) is 0 Å². The fraction of sp³-hybridized carbons (Fsp3) is 0.0667. The highest BCUT2D eigenvalue weighted by molar-refractivity contribution is 7.73. The lowest BCUT2D eigenvalue weighted by Crippen LogP contribution is -1.96. The maximum absolute atomic E-state index is 11.1. The third-order valence-corrected chi connectivity index (χ3v) is 3.88. The highest BCUT2D eigenvalue weighted by atomic mass is 32.2. The molecule has 0 unspecified atom stereocenters. The number of benzene rings is 2. The highest BCUT2D eigenvalue weighted by Gasteiger charge is 2.05. The Labute approximate surface area is 129 Å². The van der Waals surface area contributed by atoms with E-state index in [0.29, 0.717) is 10.7 Å².